The quantitative estimate of drug-likeness (QED) is 0.750. The summed E-state index contributed by atoms with van der Waals surface area (Å²) in [6.07, 6.45) is 0. The predicted octanol–water partition coefficient (Wildman–Crippen LogP) is 2.75. The fourth-order valence-electron chi connectivity index (χ4n) is 1.50. The monoisotopic (exact) mass is 235 g/mol. The van der Waals surface area contributed by atoms with Gasteiger partial charge in [-0.3, -0.25) is 0 Å². The third-order valence-electron chi connectivity index (χ3n) is 2.41. The fraction of sp³-hybridized carbons (Fsp3) is 0.250. The highest BCUT2D eigenvalue weighted by Gasteiger charge is 2.10. The first kappa shape index (κ1) is 11.0. The molecule has 0 unspecified atom stereocenters. The van der Waals surface area contributed by atoms with E-state index < -0.39 is 0 Å². The van der Waals surface area contributed by atoms with Crippen molar-refractivity contribution < 1.29 is 9.53 Å². The maximum absolute atomic E-state index is 11.4. The molecule has 0 saturated heterocycles. The molecule has 2 aromatic rings. The second-order valence-electron chi connectivity index (χ2n) is 3.72. The van der Waals surface area contributed by atoms with Gasteiger partial charge in [-0.15, -0.1) is 11.3 Å². The highest BCUT2D eigenvalue weighted by atomic mass is 32.1. The number of thiophene rings is 1. The van der Waals surface area contributed by atoms with E-state index in [1.807, 2.05) is 37.2 Å². The summed E-state index contributed by atoms with van der Waals surface area (Å²) in [5.74, 6) is -0.271. The third-order valence-corrected chi connectivity index (χ3v) is 3.48. The number of anilines is 1. The average Bonchev–Trinajstić information content (AvgIpc) is 2.70. The molecule has 1 aromatic carbocycles. The predicted molar refractivity (Wildman–Crippen MR) is 67.5 cm³/mol. The molecule has 4 heteroatoms. The lowest BCUT2D eigenvalue weighted by Crippen LogP contribution is -2.07. The minimum absolute atomic E-state index is 0.271. The van der Waals surface area contributed by atoms with E-state index in [2.05, 4.69) is 6.07 Å². The Labute approximate surface area is 98.2 Å². The number of nitrogens with zero attached hydrogens (tertiary/aromatic N) is 1. The molecule has 0 N–H and O–H groups in total. The summed E-state index contributed by atoms with van der Waals surface area (Å²) in [5, 5.41) is 1.08. The number of esters is 1. The van der Waals surface area contributed by atoms with Crippen molar-refractivity contribution in [3.63, 3.8) is 0 Å². The van der Waals surface area contributed by atoms with E-state index in [-0.39, 0.29) is 5.97 Å². The molecular formula is C12H13NO2S. The number of hydrogen-bond acceptors (Lipinski definition) is 4. The maximum Gasteiger partial charge on any atom is 0.348 e. The summed E-state index contributed by atoms with van der Waals surface area (Å²) in [5.41, 5.74) is 1.13. The van der Waals surface area contributed by atoms with E-state index in [9.17, 15) is 4.79 Å². The number of fused-ring (bicyclic) bond motifs is 1. The fourth-order valence-corrected chi connectivity index (χ4v) is 2.51. The number of ether oxygens (including phenoxy) is 1. The summed E-state index contributed by atoms with van der Waals surface area (Å²) in [6, 6.07) is 8.00. The van der Waals surface area contributed by atoms with E-state index in [1.54, 1.807) is 0 Å². The van der Waals surface area contributed by atoms with Crippen LogP contribution in [0.2, 0.25) is 0 Å². The molecule has 0 aliphatic rings. The highest BCUT2D eigenvalue weighted by Crippen LogP contribution is 2.29. The second kappa shape index (κ2) is 4.14. The lowest BCUT2D eigenvalue weighted by molar-refractivity contribution is 0.0606. The zero-order valence-electron chi connectivity index (χ0n) is 9.48. The van der Waals surface area contributed by atoms with Crippen molar-refractivity contribution in [1.82, 2.24) is 0 Å². The van der Waals surface area contributed by atoms with Crippen LogP contribution in [0.15, 0.2) is 24.3 Å². The van der Waals surface area contributed by atoms with Crippen LogP contribution in [-0.4, -0.2) is 27.2 Å². The second-order valence-corrected chi connectivity index (χ2v) is 4.80. The number of carbonyl (C=O) groups excluding carboxylic acids is 1. The topological polar surface area (TPSA) is 29.5 Å². The van der Waals surface area contributed by atoms with Gasteiger partial charge in [-0.2, -0.15) is 0 Å². The van der Waals surface area contributed by atoms with E-state index >= 15 is 0 Å². The largest absolute Gasteiger partial charge is 0.465 e. The Morgan fingerprint density at radius 3 is 2.69 bits per heavy atom. The van der Waals surface area contributed by atoms with Crippen LogP contribution < -0.4 is 4.90 Å². The molecule has 1 heterocycles. The number of methoxy groups -OCH3 is 1. The van der Waals surface area contributed by atoms with Crippen molar-refractivity contribution in [3.8, 4) is 0 Å². The van der Waals surface area contributed by atoms with E-state index in [4.69, 9.17) is 4.74 Å². The van der Waals surface area contributed by atoms with E-state index in [0.717, 1.165) is 15.8 Å². The maximum atomic E-state index is 11.4. The smallest absolute Gasteiger partial charge is 0.348 e. The Balaban J connectivity index is 2.50. The number of benzene rings is 1. The Bertz CT molecular complexity index is 531. The Hall–Kier alpha value is -1.55. The van der Waals surface area contributed by atoms with Crippen molar-refractivity contribution >= 4 is 33.1 Å². The van der Waals surface area contributed by atoms with Gasteiger partial charge in [0.15, 0.2) is 0 Å². The number of hydrogen-bond donors (Lipinski definition) is 0. The first-order chi connectivity index (χ1) is 7.61. The minimum atomic E-state index is -0.271. The zero-order chi connectivity index (χ0) is 11.7. The molecule has 0 fully saturated rings. The lowest BCUT2D eigenvalue weighted by Gasteiger charge is -2.11. The van der Waals surface area contributed by atoms with E-state index in [1.165, 1.54) is 18.4 Å². The van der Waals surface area contributed by atoms with Crippen LogP contribution in [0.4, 0.5) is 5.69 Å². The SMILES string of the molecule is COC(=O)c1cc2ccc(N(C)C)cc2s1. The van der Waals surface area contributed by atoms with Gasteiger partial charge in [-0.1, -0.05) is 6.07 Å². The molecule has 0 atom stereocenters. The van der Waals surface area contributed by atoms with Crippen LogP contribution in [-0.2, 0) is 4.74 Å². The summed E-state index contributed by atoms with van der Waals surface area (Å²) in [7, 11) is 5.39. The van der Waals surface area contributed by atoms with Crippen molar-refractivity contribution in [2.75, 3.05) is 26.1 Å². The molecule has 0 bridgehead atoms. The summed E-state index contributed by atoms with van der Waals surface area (Å²) < 4.78 is 5.81. The Morgan fingerprint density at radius 2 is 2.06 bits per heavy atom. The van der Waals surface area contributed by atoms with Gasteiger partial charge in [0.25, 0.3) is 0 Å². The molecule has 2 rings (SSSR count). The zero-order valence-corrected chi connectivity index (χ0v) is 10.3. The minimum Gasteiger partial charge on any atom is -0.465 e. The molecule has 0 spiro atoms. The van der Waals surface area contributed by atoms with Crippen LogP contribution in [0.3, 0.4) is 0 Å². The van der Waals surface area contributed by atoms with Crippen LogP contribution >= 0.6 is 11.3 Å². The van der Waals surface area contributed by atoms with Gasteiger partial charge in [0.2, 0.25) is 0 Å². The van der Waals surface area contributed by atoms with Crippen molar-refractivity contribution in [3.05, 3.63) is 29.1 Å². The average molecular weight is 235 g/mol. The summed E-state index contributed by atoms with van der Waals surface area (Å²) >= 11 is 1.46. The van der Waals surface area contributed by atoms with E-state index in [0.29, 0.717) is 4.88 Å². The van der Waals surface area contributed by atoms with Crippen LogP contribution in [0.1, 0.15) is 9.67 Å². The molecule has 3 nitrogen and oxygen atoms in total. The van der Waals surface area contributed by atoms with Gasteiger partial charge in [0, 0.05) is 24.5 Å². The van der Waals surface area contributed by atoms with Crippen LogP contribution in [0.25, 0.3) is 10.1 Å². The summed E-state index contributed by atoms with van der Waals surface area (Å²) in [6.45, 7) is 0. The van der Waals surface area contributed by atoms with Gasteiger partial charge in [-0.25, -0.2) is 4.79 Å². The normalized spacial score (nSPS) is 10.4. The molecule has 0 saturated carbocycles. The summed E-state index contributed by atoms with van der Waals surface area (Å²) in [4.78, 5) is 14.1. The van der Waals surface area contributed by atoms with Gasteiger partial charge >= 0.3 is 5.97 Å². The van der Waals surface area contributed by atoms with Gasteiger partial charge in [-0.05, 0) is 23.6 Å². The van der Waals surface area contributed by atoms with Crippen molar-refractivity contribution in [1.29, 1.82) is 0 Å². The molecule has 84 valence electrons. The number of carbonyl (C=O) groups is 1. The highest BCUT2D eigenvalue weighted by molar-refractivity contribution is 7.20. The van der Waals surface area contributed by atoms with Gasteiger partial charge in [0.1, 0.15) is 4.88 Å². The van der Waals surface area contributed by atoms with Crippen molar-refractivity contribution in [2.45, 2.75) is 0 Å². The first-order valence-electron chi connectivity index (χ1n) is 4.91. The molecule has 0 aliphatic heterocycles. The lowest BCUT2D eigenvalue weighted by atomic mass is 10.2. The Kier molecular flexibility index (Phi) is 2.83. The van der Waals surface area contributed by atoms with Gasteiger partial charge < -0.3 is 9.64 Å². The standard InChI is InChI=1S/C12H13NO2S/c1-13(2)9-5-4-8-6-11(12(14)15-3)16-10(8)7-9/h4-7H,1-3H3. The molecule has 16 heavy (non-hydrogen) atoms. The van der Waals surface area contributed by atoms with Crippen LogP contribution in [0.5, 0.6) is 0 Å². The Morgan fingerprint density at radius 1 is 1.31 bits per heavy atom. The van der Waals surface area contributed by atoms with Crippen LogP contribution in [0, 0.1) is 0 Å². The number of rotatable bonds is 2. The molecule has 0 amide bonds. The third kappa shape index (κ3) is 1.88. The van der Waals surface area contributed by atoms with Crippen molar-refractivity contribution in [2.24, 2.45) is 0 Å². The molecule has 0 radical (unpaired) electrons. The molecule has 0 aliphatic carbocycles. The first-order valence-corrected chi connectivity index (χ1v) is 5.72. The van der Waals surface area contributed by atoms with Gasteiger partial charge in [0.05, 0.1) is 7.11 Å². The molecule has 1 aromatic heterocycles. The molecular weight excluding hydrogens is 222 g/mol.